The minimum absolute atomic E-state index is 0.226. The van der Waals surface area contributed by atoms with Crippen LogP contribution in [0.4, 0.5) is 0 Å². The van der Waals surface area contributed by atoms with Crippen molar-refractivity contribution in [2.24, 2.45) is 5.92 Å². The van der Waals surface area contributed by atoms with Crippen molar-refractivity contribution >= 4 is 5.97 Å². The fraction of sp³-hybridized carbons (Fsp3) is 0.533. The van der Waals surface area contributed by atoms with Gasteiger partial charge in [-0.05, 0) is 44.2 Å². The van der Waals surface area contributed by atoms with E-state index in [1.807, 2.05) is 31.2 Å². The molecule has 1 fully saturated rings. The van der Waals surface area contributed by atoms with E-state index in [0.29, 0.717) is 25.7 Å². The summed E-state index contributed by atoms with van der Waals surface area (Å²) in [6, 6.07) is 7.67. The van der Waals surface area contributed by atoms with Crippen LogP contribution in [0.3, 0.4) is 0 Å². The third-order valence-electron chi connectivity index (χ3n) is 3.86. The Morgan fingerprint density at radius 1 is 1.37 bits per heavy atom. The van der Waals surface area contributed by atoms with E-state index < -0.39 is 11.6 Å². The summed E-state index contributed by atoms with van der Waals surface area (Å²) in [5, 5.41) is 19.3. The zero-order valence-electron chi connectivity index (χ0n) is 11.1. The summed E-state index contributed by atoms with van der Waals surface area (Å²) in [5.74, 6) is -0.308. The second-order valence-corrected chi connectivity index (χ2v) is 5.39. The number of hydrogen-bond donors (Lipinski definition) is 2. The summed E-state index contributed by atoms with van der Waals surface area (Å²) in [5.41, 5.74) is 0.138. The number of para-hydroxylation sites is 1. The second-order valence-electron chi connectivity index (χ2n) is 5.39. The van der Waals surface area contributed by atoms with Crippen molar-refractivity contribution in [2.45, 2.75) is 38.2 Å². The van der Waals surface area contributed by atoms with E-state index in [4.69, 9.17) is 9.84 Å². The maximum absolute atomic E-state index is 10.9. The molecule has 0 aliphatic heterocycles. The van der Waals surface area contributed by atoms with Gasteiger partial charge in [-0.25, -0.2) is 0 Å². The molecule has 0 aromatic heterocycles. The van der Waals surface area contributed by atoms with Crippen LogP contribution in [0.15, 0.2) is 24.3 Å². The molecular weight excluding hydrogens is 244 g/mol. The summed E-state index contributed by atoms with van der Waals surface area (Å²) in [6.45, 7) is 2.19. The zero-order chi connectivity index (χ0) is 13.9. The Labute approximate surface area is 113 Å². The fourth-order valence-electron chi connectivity index (χ4n) is 2.48. The van der Waals surface area contributed by atoms with Crippen LogP contribution in [0.5, 0.6) is 5.75 Å². The van der Waals surface area contributed by atoms with E-state index in [1.54, 1.807) is 0 Å². The number of carbonyl (C=O) groups is 1. The van der Waals surface area contributed by atoms with Crippen LogP contribution in [0.2, 0.25) is 0 Å². The Hall–Kier alpha value is -1.55. The number of aryl methyl sites for hydroxylation is 1. The number of aliphatic hydroxyl groups is 1. The van der Waals surface area contributed by atoms with Crippen LogP contribution in [-0.2, 0) is 4.79 Å². The predicted molar refractivity (Wildman–Crippen MR) is 71.2 cm³/mol. The highest BCUT2D eigenvalue weighted by Crippen LogP contribution is 2.33. The number of carboxylic acid groups (broad SMARTS) is 1. The summed E-state index contributed by atoms with van der Waals surface area (Å²) in [7, 11) is 0. The van der Waals surface area contributed by atoms with Gasteiger partial charge in [0.05, 0.1) is 11.5 Å². The standard InChI is InChI=1S/C15H20O4/c1-11-4-2-3-5-13(11)19-10-15(18)8-6-12(7-9-15)14(16)17/h2-5,12,18H,6-10H2,1H3,(H,16,17). The zero-order valence-corrected chi connectivity index (χ0v) is 11.1. The Morgan fingerprint density at radius 2 is 2.00 bits per heavy atom. The molecule has 0 atom stereocenters. The van der Waals surface area contributed by atoms with Gasteiger partial charge in [0.2, 0.25) is 0 Å². The van der Waals surface area contributed by atoms with Crippen molar-refractivity contribution in [3.63, 3.8) is 0 Å². The van der Waals surface area contributed by atoms with Crippen LogP contribution in [0.25, 0.3) is 0 Å². The lowest BCUT2D eigenvalue weighted by Gasteiger charge is -2.34. The van der Waals surface area contributed by atoms with Gasteiger partial charge in [0.1, 0.15) is 12.4 Å². The highest BCUT2D eigenvalue weighted by atomic mass is 16.5. The molecule has 0 spiro atoms. The van der Waals surface area contributed by atoms with Gasteiger partial charge in [0, 0.05) is 0 Å². The van der Waals surface area contributed by atoms with Crippen LogP contribution in [0, 0.1) is 12.8 Å². The van der Waals surface area contributed by atoms with E-state index in [2.05, 4.69) is 0 Å². The highest BCUT2D eigenvalue weighted by molar-refractivity contribution is 5.70. The third kappa shape index (κ3) is 3.47. The molecule has 0 saturated heterocycles. The molecule has 104 valence electrons. The molecule has 1 saturated carbocycles. The van der Waals surface area contributed by atoms with Crippen LogP contribution >= 0.6 is 0 Å². The molecule has 0 heterocycles. The summed E-state index contributed by atoms with van der Waals surface area (Å²) < 4.78 is 5.68. The Kier molecular flexibility index (Phi) is 4.10. The topological polar surface area (TPSA) is 66.8 Å². The van der Waals surface area contributed by atoms with Crippen molar-refractivity contribution < 1.29 is 19.7 Å². The Morgan fingerprint density at radius 3 is 2.58 bits per heavy atom. The molecular formula is C15H20O4. The van der Waals surface area contributed by atoms with E-state index in [0.717, 1.165) is 11.3 Å². The lowest BCUT2D eigenvalue weighted by Crippen LogP contribution is -2.41. The van der Waals surface area contributed by atoms with Gasteiger partial charge in [-0.2, -0.15) is 0 Å². The number of hydrogen-bond acceptors (Lipinski definition) is 3. The number of rotatable bonds is 4. The summed E-state index contributed by atoms with van der Waals surface area (Å²) in [4.78, 5) is 10.9. The molecule has 2 rings (SSSR count). The molecule has 4 nitrogen and oxygen atoms in total. The molecule has 1 aromatic carbocycles. The van der Waals surface area contributed by atoms with Gasteiger partial charge in [-0.3, -0.25) is 4.79 Å². The lowest BCUT2D eigenvalue weighted by atomic mass is 9.79. The van der Waals surface area contributed by atoms with Gasteiger partial charge in [-0.15, -0.1) is 0 Å². The van der Waals surface area contributed by atoms with Crippen molar-refractivity contribution in [2.75, 3.05) is 6.61 Å². The predicted octanol–water partition coefficient (Wildman–Crippen LogP) is 2.38. The maximum atomic E-state index is 10.9. The second kappa shape index (κ2) is 5.61. The molecule has 1 aromatic rings. The molecule has 0 radical (unpaired) electrons. The van der Waals surface area contributed by atoms with Crippen LogP contribution in [0.1, 0.15) is 31.2 Å². The number of aliphatic carboxylic acids is 1. The van der Waals surface area contributed by atoms with Crippen molar-refractivity contribution in [1.82, 2.24) is 0 Å². The summed E-state index contributed by atoms with van der Waals surface area (Å²) >= 11 is 0. The van der Waals surface area contributed by atoms with Crippen LogP contribution in [-0.4, -0.2) is 28.4 Å². The lowest BCUT2D eigenvalue weighted by molar-refractivity contribution is -0.145. The Bertz CT molecular complexity index is 447. The highest BCUT2D eigenvalue weighted by Gasteiger charge is 2.36. The van der Waals surface area contributed by atoms with E-state index in [9.17, 15) is 9.90 Å². The minimum atomic E-state index is -0.895. The van der Waals surface area contributed by atoms with Gasteiger partial charge >= 0.3 is 5.97 Å². The van der Waals surface area contributed by atoms with Crippen molar-refractivity contribution in [3.8, 4) is 5.75 Å². The van der Waals surface area contributed by atoms with E-state index in [1.165, 1.54) is 0 Å². The molecule has 0 bridgehead atoms. The Balaban J connectivity index is 1.90. The van der Waals surface area contributed by atoms with Gasteiger partial charge in [-0.1, -0.05) is 18.2 Å². The first kappa shape index (κ1) is 13.9. The minimum Gasteiger partial charge on any atom is -0.490 e. The number of benzene rings is 1. The van der Waals surface area contributed by atoms with E-state index in [-0.39, 0.29) is 12.5 Å². The first-order valence-electron chi connectivity index (χ1n) is 6.64. The van der Waals surface area contributed by atoms with Gasteiger partial charge < -0.3 is 14.9 Å². The smallest absolute Gasteiger partial charge is 0.306 e. The van der Waals surface area contributed by atoms with Gasteiger partial charge in [0.15, 0.2) is 0 Å². The van der Waals surface area contributed by atoms with E-state index >= 15 is 0 Å². The molecule has 0 unspecified atom stereocenters. The summed E-state index contributed by atoms with van der Waals surface area (Å²) in [6.07, 6.45) is 2.00. The monoisotopic (exact) mass is 264 g/mol. The van der Waals surface area contributed by atoms with Crippen molar-refractivity contribution in [1.29, 1.82) is 0 Å². The van der Waals surface area contributed by atoms with Gasteiger partial charge in [0.25, 0.3) is 0 Å². The number of carboxylic acids is 1. The fourth-order valence-corrected chi connectivity index (χ4v) is 2.48. The molecule has 19 heavy (non-hydrogen) atoms. The maximum Gasteiger partial charge on any atom is 0.306 e. The normalized spacial score (nSPS) is 26.9. The number of ether oxygens (including phenoxy) is 1. The SMILES string of the molecule is Cc1ccccc1OCC1(O)CCC(C(=O)O)CC1. The first-order chi connectivity index (χ1) is 9.00. The molecule has 2 N–H and O–H groups in total. The first-order valence-corrected chi connectivity index (χ1v) is 6.64. The molecule has 1 aliphatic carbocycles. The van der Waals surface area contributed by atoms with Crippen molar-refractivity contribution in [3.05, 3.63) is 29.8 Å². The average Bonchev–Trinajstić information content (AvgIpc) is 2.38. The molecule has 0 amide bonds. The average molecular weight is 264 g/mol. The third-order valence-corrected chi connectivity index (χ3v) is 3.86. The quantitative estimate of drug-likeness (QED) is 0.876. The van der Waals surface area contributed by atoms with Crippen LogP contribution < -0.4 is 4.74 Å². The largest absolute Gasteiger partial charge is 0.490 e. The molecule has 1 aliphatic rings. The molecule has 4 heteroatoms.